The Morgan fingerprint density at radius 1 is 0.679 bits per heavy atom. The minimum atomic E-state index is -0.614. The Balaban J connectivity index is 1.83. The fourth-order valence-electron chi connectivity index (χ4n) is 2.42. The first-order valence-electron chi connectivity index (χ1n) is 7.97. The largest absolute Gasteiger partial charge is 0.322 e. The summed E-state index contributed by atoms with van der Waals surface area (Å²) in [7, 11) is 0. The first-order chi connectivity index (χ1) is 13.3. The van der Waals surface area contributed by atoms with Gasteiger partial charge in [0.15, 0.2) is 0 Å². The van der Waals surface area contributed by atoms with Crippen LogP contribution in [0.3, 0.4) is 0 Å². The van der Waals surface area contributed by atoms with Crippen LogP contribution in [-0.4, -0.2) is 11.8 Å². The Labute approximate surface area is 169 Å². The van der Waals surface area contributed by atoms with Gasteiger partial charge in [0.2, 0.25) is 0 Å². The number of rotatable bonds is 4. The molecule has 0 radical (unpaired) electrons. The first kappa shape index (κ1) is 19.8. The lowest BCUT2D eigenvalue weighted by Crippen LogP contribution is -2.20. The van der Waals surface area contributed by atoms with E-state index in [1.807, 2.05) is 0 Å². The van der Waals surface area contributed by atoms with Gasteiger partial charge in [0, 0.05) is 11.4 Å². The van der Waals surface area contributed by atoms with Crippen molar-refractivity contribution in [1.29, 1.82) is 0 Å². The van der Waals surface area contributed by atoms with Crippen LogP contribution in [0, 0.1) is 11.6 Å². The van der Waals surface area contributed by atoms with Crippen LogP contribution >= 0.6 is 23.2 Å². The molecule has 2 amide bonds. The van der Waals surface area contributed by atoms with E-state index in [1.165, 1.54) is 36.4 Å². The van der Waals surface area contributed by atoms with E-state index in [2.05, 4.69) is 10.6 Å². The molecule has 4 nitrogen and oxygen atoms in total. The number of amides is 2. The molecule has 2 N–H and O–H groups in total. The molecule has 0 atom stereocenters. The van der Waals surface area contributed by atoms with Crippen LogP contribution in [0.15, 0.2) is 60.7 Å². The first-order valence-corrected chi connectivity index (χ1v) is 8.72. The van der Waals surface area contributed by atoms with E-state index in [0.717, 1.165) is 12.1 Å². The van der Waals surface area contributed by atoms with Gasteiger partial charge < -0.3 is 10.6 Å². The highest BCUT2D eigenvalue weighted by Crippen LogP contribution is 2.22. The van der Waals surface area contributed by atoms with Gasteiger partial charge in [-0.05, 0) is 48.5 Å². The number of carbonyl (C=O) groups excluding carboxylic acids is 2. The number of carbonyl (C=O) groups is 2. The van der Waals surface area contributed by atoms with Crippen LogP contribution in [0.2, 0.25) is 10.0 Å². The Kier molecular flexibility index (Phi) is 5.92. The fourth-order valence-corrected chi connectivity index (χ4v) is 2.78. The van der Waals surface area contributed by atoms with Gasteiger partial charge in [-0.1, -0.05) is 35.3 Å². The molecule has 0 bridgehead atoms. The number of hydrogen-bond acceptors (Lipinski definition) is 2. The maximum atomic E-state index is 13.3. The minimum absolute atomic E-state index is 0.0913. The van der Waals surface area contributed by atoms with Gasteiger partial charge in [0.05, 0.1) is 21.2 Å². The number of hydrogen-bond donors (Lipinski definition) is 2. The lowest BCUT2D eigenvalue weighted by Gasteiger charge is -2.11. The van der Waals surface area contributed by atoms with Crippen molar-refractivity contribution in [1.82, 2.24) is 0 Å². The zero-order valence-corrected chi connectivity index (χ0v) is 15.6. The molecular weight excluding hydrogens is 409 g/mol. The van der Waals surface area contributed by atoms with Gasteiger partial charge in [0.25, 0.3) is 11.8 Å². The normalized spacial score (nSPS) is 10.4. The van der Waals surface area contributed by atoms with E-state index in [1.54, 1.807) is 12.1 Å². The summed E-state index contributed by atoms with van der Waals surface area (Å²) in [4.78, 5) is 25.2. The minimum Gasteiger partial charge on any atom is -0.322 e. The molecule has 0 aliphatic heterocycles. The van der Waals surface area contributed by atoms with Crippen LogP contribution in [0.25, 0.3) is 0 Å². The van der Waals surface area contributed by atoms with Crippen LogP contribution in [0.1, 0.15) is 20.7 Å². The highest BCUT2D eigenvalue weighted by Gasteiger charge is 2.17. The van der Waals surface area contributed by atoms with E-state index in [9.17, 15) is 18.4 Å². The van der Waals surface area contributed by atoms with Crippen molar-refractivity contribution in [2.75, 3.05) is 10.6 Å². The molecule has 0 fully saturated rings. The Morgan fingerprint density at radius 2 is 1.07 bits per heavy atom. The van der Waals surface area contributed by atoms with Crippen LogP contribution in [-0.2, 0) is 0 Å². The third-order valence-corrected chi connectivity index (χ3v) is 4.35. The van der Waals surface area contributed by atoms with Crippen molar-refractivity contribution in [2.45, 2.75) is 0 Å². The average Bonchev–Trinajstić information content (AvgIpc) is 2.67. The van der Waals surface area contributed by atoms with E-state index >= 15 is 0 Å². The summed E-state index contributed by atoms with van der Waals surface area (Å²) in [6, 6.07) is 13.6. The number of anilines is 2. The summed E-state index contributed by atoms with van der Waals surface area (Å²) >= 11 is 11.4. The van der Waals surface area contributed by atoms with Crippen molar-refractivity contribution in [3.63, 3.8) is 0 Å². The molecule has 28 heavy (non-hydrogen) atoms. The zero-order chi connectivity index (χ0) is 20.3. The van der Waals surface area contributed by atoms with Gasteiger partial charge >= 0.3 is 0 Å². The SMILES string of the molecule is O=C(Nc1ccc(F)c(Cl)c1)c1ccccc1C(=O)Nc1ccc(F)c(Cl)c1. The van der Waals surface area contributed by atoms with Crippen LogP contribution in [0.4, 0.5) is 20.2 Å². The van der Waals surface area contributed by atoms with Gasteiger partial charge in [-0.2, -0.15) is 0 Å². The molecule has 0 spiro atoms. The Morgan fingerprint density at radius 3 is 1.43 bits per heavy atom. The maximum Gasteiger partial charge on any atom is 0.256 e. The fraction of sp³-hybridized carbons (Fsp3) is 0. The lowest BCUT2D eigenvalue weighted by atomic mass is 10.1. The smallest absolute Gasteiger partial charge is 0.256 e. The van der Waals surface area contributed by atoms with Crippen molar-refractivity contribution in [3.05, 3.63) is 93.5 Å². The maximum absolute atomic E-state index is 13.3. The highest BCUT2D eigenvalue weighted by atomic mass is 35.5. The molecule has 0 aliphatic rings. The van der Waals surface area contributed by atoms with E-state index in [0.29, 0.717) is 0 Å². The molecule has 0 heterocycles. The van der Waals surface area contributed by atoms with Crippen molar-refractivity contribution >= 4 is 46.4 Å². The number of nitrogens with one attached hydrogen (secondary N) is 2. The second kappa shape index (κ2) is 8.37. The van der Waals surface area contributed by atoms with E-state index in [-0.39, 0.29) is 32.5 Å². The van der Waals surface area contributed by atoms with Gasteiger partial charge in [0.1, 0.15) is 11.6 Å². The molecule has 142 valence electrons. The third kappa shape index (κ3) is 4.47. The third-order valence-electron chi connectivity index (χ3n) is 3.77. The molecule has 0 aliphatic carbocycles. The Hall–Kier alpha value is -2.96. The van der Waals surface area contributed by atoms with Gasteiger partial charge in [-0.3, -0.25) is 9.59 Å². The monoisotopic (exact) mass is 420 g/mol. The standard InChI is InChI=1S/C20H12Cl2F2N2O2/c21-15-9-11(5-7-17(15)23)25-19(27)13-3-1-2-4-14(13)20(28)26-12-6-8-18(24)16(22)10-12/h1-10H,(H,25,27)(H,26,28). The molecule has 3 aromatic carbocycles. The second-order valence-corrected chi connectivity index (χ2v) is 6.53. The summed E-state index contributed by atoms with van der Waals surface area (Å²) in [5, 5.41) is 4.84. The molecule has 0 aromatic heterocycles. The zero-order valence-electron chi connectivity index (χ0n) is 14.1. The molecule has 8 heteroatoms. The van der Waals surface area contributed by atoms with Crippen LogP contribution in [0.5, 0.6) is 0 Å². The average molecular weight is 421 g/mol. The summed E-state index contributed by atoms with van der Waals surface area (Å²) in [6.07, 6.45) is 0. The predicted octanol–water partition coefficient (Wildman–Crippen LogP) is 5.78. The molecular formula is C20H12Cl2F2N2O2. The van der Waals surface area contributed by atoms with Crippen molar-refractivity contribution in [3.8, 4) is 0 Å². The number of benzene rings is 3. The second-order valence-electron chi connectivity index (χ2n) is 5.71. The molecule has 0 saturated heterocycles. The lowest BCUT2D eigenvalue weighted by molar-refractivity contribution is 0.0990. The van der Waals surface area contributed by atoms with Crippen LogP contribution < -0.4 is 10.6 Å². The predicted molar refractivity (Wildman–Crippen MR) is 105 cm³/mol. The quantitative estimate of drug-likeness (QED) is 0.562. The highest BCUT2D eigenvalue weighted by molar-refractivity contribution is 6.31. The summed E-state index contributed by atoms with van der Waals surface area (Å²) in [6.45, 7) is 0. The van der Waals surface area contributed by atoms with Crippen molar-refractivity contribution < 1.29 is 18.4 Å². The molecule has 3 aromatic rings. The van der Waals surface area contributed by atoms with E-state index in [4.69, 9.17) is 23.2 Å². The summed E-state index contributed by atoms with van der Waals surface area (Å²) in [5.41, 5.74) is 0.733. The van der Waals surface area contributed by atoms with Crippen molar-refractivity contribution in [2.24, 2.45) is 0 Å². The molecule has 0 saturated carbocycles. The summed E-state index contributed by atoms with van der Waals surface area (Å²) in [5.74, 6) is -2.38. The topological polar surface area (TPSA) is 58.2 Å². The number of halogens is 4. The van der Waals surface area contributed by atoms with Gasteiger partial charge in [-0.25, -0.2) is 8.78 Å². The molecule has 3 rings (SSSR count). The van der Waals surface area contributed by atoms with Gasteiger partial charge in [-0.15, -0.1) is 0 Å². The molecule has 0 unspecified atom stereocenters. The van der Waals surface area contributed by atoms with E-state index < -0.39 is 23.4 Å². The summed E-state index contributed by atoms with van der Waals surface area (Å²) < 4.78 is 26.5. The Bertz CT molecular complexity index is 989.